The number of nitrogens with one attached hydrogen (secondary N) is 2. The Morgan fingerprint density at radius 3 is 2.33 bits per heavy atom. The average molecular weight is 572 g/mol. The number of carbonyl (C=O) groups excluding carboxylic acids is 3. The first kappa shape index (κ1) is 23.0. The minimum Gasteiger partial charge on any atom is -0.350 e. The number of anilines is 3. The lowest BCUT2D eigenvalue weighted by Gasteiger charge is -2.18. The normalized spacial score (nSPS) is 13.5. The van der Waals surface area contributed by atoms with Crippen LogP contribution in [0.15, 0.2) is 77.5 Å². The average Bonchev–Trinajstić information content (AvgIpc) is 2.99. The van der Waals surface area contributed by atoms with Crippen molar-refractivity contribution in [1.29, 1.82) is 0 Å². The Morgan fingerprint density at radius 1 is 0.909 bits per heavy atom. The lowest BCUT2D eigenvalue weighted by molar-refractivity contribution is -0.120. The molecule has 2 N–H and O–H groups in total. The van der Waals surface area contributed by atoms with Crippen molar-refractivity contribution in [3.8, 4) is 0 Å². The predicted octanol–water partition coefficient (Wildman–Crippen LogP) is 5.60. The minimum absolute atomic E-state index is 0.0307. The van der Waals surface area contributed by atoms with Crippen molar-refractivity contribution in [2.24, 2.45) is 0 Å². The Bertz CT molecular complexity index is 1320. The van der Waals surface area contributed by atoms with Crippen LogP contribution < -0.4 is 15.5 Å². The highest BCUT2D eigenvalue weighted by Gasteiger charge is 2.39. The van der Waals surface area contributed by atoms with Crippen LogP contribution in [0.3, 0.4) is 0 Å². The summed E-state index contributed by atoms with van der Waals surface area (Å²) in [6.45, 7) is 3.77. The molecule has 0 fully saturated rings. The van der Waals surface area contributed by atoms with Gasteiger partial charge in [-0.2, -0.15) is 0 Å². The van der Waals surface area contributed by atoms with Crippen LogP contribution in [0.4, 0.5) is 17.1 Å². The Morgan fingerprint density at radius 2 is 1.64 bits per heavy atom. The third-order valence-electron chi connectivity index (χ3n) is 5.12. The molecule has 33 heavy (non-hydrogen) atoms. The topological polar surface area (TPSA) is 78.5 Å². The Labute approximate surface area is 209 Å². The first-order valence-electron chi connectivity index (χ1n) is 10.0. The maximum absolute atomic E-state index is 13.1. The molecule has 0 aliphatic carbocycles. The molecule has 1 aliphatic rings. The molecule has 0 saturated heterocycles. The third-order valence-corrected chi connectivity index (χ3v) is 6.19. The maximum Gasteiger partial charge on any atom is 0.283 e. The van der Waals surface area contributed by atoms with E-state index < -0.39 is 11.8 Å². The number of carbonyl (C=O) groups is 3. The van der Waals surface area contributed by atoms with Gasteiger partial charge in [-0.25, -0.2) is 4.90 Å². The van der Waals surface area contributed by atoms with Crippen LogP contribution in [0.5, 0.6) is 0 Å². The van der Waals surface area contributed by atoms with Crippen LogP contribution in [-0.2, 0) is 9.59 Å². The fourth-order valence-corrected chi connectivity index (χ4v) is 4.08. The van der Waals surface area contributed by atoms with Crippen LogP contribution in [0, 0.1) is 17.4 Å². The molecule has 1 heterocycles. The fraction of sp³-hybridized carbons (Fsp3) is 0.0800. The lowest BCUT2D eigenvalue weighted by Crippen LogP contribution is -2.32. The number of rotatable bonds is 5. The molecule has 4 rings (SSSR count). The molecule has 6 nitrogen and oxygen atoms in total. The summed E-state index contributed by atoms with van der Waals surface area (Å²) in [6.07, 6.45) is 0. The molecule has 0 bridgehead atoms. The molecule has 8 heteroatoms. The van der Waals surface area contributed by atoms with Gasteiger partial charge in [0.15, 0.2) is 0 Å². The number of amides is 3. The zero-order chi connectivity index (χ0) is 23.7. The largest absolute Gasteiger partial charge is 0.350 e. The van der Waals surface area contributed by atoms with E-state index in [0.717, 1.165) is 19.6 Å². The third kappa shape index (κ3) is 4.79. The van der Waals surface area contributed by atoms with E-state index in [1.165, 1.54) is 0 Å². The van der Waals surface area contributed by atoms with Crippen LogP contribution in [-0.4, -0.2) is 17.7 Å². The molecule has 3 amide bonds. The van der Waals surface area contributed by atoms with E-state index in [-0.39, 0.29) is 16.6 Å². The molecule has 3 aromatic rings. The highest BCUT2D eigenvalue weighted by molar-refractivity contribution is 14.1. The van der Waals surface area contributed by atoms with E-state index in [9.17, 15) is 14.4 Å². The van der Waals surface area contributed by atoms with Crippen molar-refractivity contribution in [3.63, 3.8) is 0 Å². The van der Waals surface area contributed by atoms with Gasteiger partial charge in [0.1, 0.15) is 10.7 Å². The zero-order valence-corrected chi connectivity index (χ0v) is 20.7. The Balaban J connectivity index is 1.55. The summed E-state index contributed by atoms with van der Waals surface area (Å²) >= 11 is 8.44. The van der Waals surface area contributed by atoms with Gasteiger partial charge in [0.05, 0.1) is 5.69 Å². The lowest BCUT2D eigenvalue weighted by atomic mass is 10.1. The fourth-order valence-electron chi connectivity index (χ4n) is 3.51. The van der Waals surface area contributed by atoms with Gasteiger partial charge in [0, 0.05) is 20.5 Å². The summed E-state index contributed by atoms with van der Waals surface area (Å²) in [6, 6.07) is 19.5. The molecular formula is C25H19ClIN3O3. The highest BCUT2D eigenvalue weighted by atomic mass is 127. The van der Waals surface area contributed by atoms with Crippen LogP contribution in [0.25, 0.3) is 0 Å². The van der Waals surface area contributed by atoms with Crippen LogP contribution in [0.1, 0.15) is 21.5 Å². The monoisotopic (exact) mass is 571 g/mol. The molecular weight excluding hydrogens is 553 g/mol. The van der Waals surface area contributed by atoms with Gasteiger partial charge in [0.2, 0.25) is 0 Å². The summed E-state index contributed by atoms with van der Waals surface area (Å²) in [5, 5.41) is 5.56. The summed E-state index contributed by atoms with van der Waals surface area (Å²) in [4.78, 5) is 39.6. The van der Waals surface area contributed by atoms with Gasteiger partial charge in [-0.1, -0.05) is 35.4 Å². The molecule has 0 spiro atoms. The van der Waals surface area contributed by atoms with Gasteiger partial charge < -0.3 is 10.6 Å². The zero-order valence-electron chi connectivity index (χ0n) is 17.8. The Kier molecular flexibility index (Phi) is 6.53. The van der Waals surface area contributed by atoms with Crippen LogP contribution >= 0.6 is 34.2 Å². The number of hydrogen-bond donors (Lipinski definition) is 2. The maximum atomic E-state index is 13.1. The van der Waals surface area contributed by atoms with E-state index in [2.05, 4.69) is 33.2 Å². The minimum atomic E-state index is -0.594. The molecule has 0 radical (unpaired) electrons. The summed E-state index contributed by atoms with van der Waals surface area (Å²) in [5.74, 6) is -1.44. The first-order chi connectivity index (χ1) is 15.7. The van der Waals surface area contributed by atoms with Gasteiger partial charge in [-0.15, -0.1) is 0 Å². The number of nitrogens with zero attached hydrogens (tertiary/aromatic N) is 1. The number of aryl methyl sites for hydroxylation is 2. The second-order valence-corrected chi connectivity index (χ2v) is 9.22. The van der Waals surface area contributed by atoms with Crippen molar-refractivity contribution >= 4 is 69.0 Å². The van der Waals surface area contributed by atoms with E-state index in [4.69, 9.17) is 11.6 Å². The summed E-state index contributed by atoms with van der Waals surface area (Å²) < 4.78 is 1.06. The second kappa shape index (κ2) is 9.36. The second-order valence-electron chi connectivity index (χ2n) is 7.59. The molecule has 0 atom stereocenters. The quantitative estimate of drug-likeness (QED) is 0.309. The van der Waals surface area contributed by atoms with Crippen LogP contribution in [0.2, 0.25) is 0 Å². The van der Waals surface area contributed by atoms with E-state index in [0.29, 0.717) is 22.6 Å². The smallest absolute Gasteiger partial charge is 0.283 e. The van der Waals surface area contributed by atoms with Gasteiger partial charge in [0.25, 0.3) is 17.7 Å². The van der Waals surface area contributed by atoms with Crippen molar-refractivity contribution in [2.45, 2.75) is 13.8 Å². The molecule has 0 unspecified atom stereocenters. The van der Waals surface area contributed by atoms with E-state index in [1.54, 1.807) is 30.3 Å². The molecule has 0 saturated carbocycles. The summed E-state index contributed by atoms with van der Waals surface area (Å²) in [7, 11) is 0. The highest BCUT2D eigenvalue weighted by Crippen LogP contribution is 2.32. The molecule has 1 aliphatic heterocycles. The van der Waals surface area contributed by atoms with Crippen molar-refractivity contribution in [2.75, 3.05) is 15.5 Å². The number of halogens is 2. The molecule has 166 valence electrons. The van der Waals surface area contributed by atoms with Crippen molar-refractivity contribution in [1.82, 2.24) is 0 Å². The SMILES string of the molecule is Cc1ccc(N2C(=O)C(Cl)=C(Nc3cccc(C(=O)Nc4ccc(I)cc4)c3)C2=O)c(C)c1. The van der Waals surface area contributed by atoms with Gasteiger partial charge >= 0.3 is 0 Å². The Hall–Kier alpha value is -3.17. The first-order valence-corrected chi connectivity index (χ1v) is 11.5. The van der Waals surface area contributed by atoms with E-state index >= 15 is 0 Å². The predicted molar refractivity (Wildman–Crippen MR) is 138 cm³/mol. The number of benzene rings is 3. The van der Waals surface area contributed by atoms with Gasteiger partial charge in [-0.05, 0) is 90.5 Å². The number of hydrogen-bond acceptors (Lipinski definition) is 4. The molecule has 0 aromatic heterocycles. The molecule has 3 aromatic carbocycles. The van der Waals surface area contributed by atoms with Gasteiger partial charge in [-0.3, -0.25) is 14.4 Å². The number of imide groups is 1. The summed E-state index contributed by atoms with van der Waals surface area (Å²) in [5.41, 5.74) is 3.78. The van der Waals surface area contributed by atoms with E-state index in [1.807, 2.05) is 50.2 Å². The standard InChI is InChI=1S/C25H19ClIN3O3/c1-14-6-11-20(15(2)12-14)30-24(32)21(26)22(25(30)33)28-19-5-3-4-16(13-19)23(31)29-18-9-7-17(27)8-10-18/h3-13,28H,1-2H3,(H,29,31). The van der Waals surface area contributed by atoms with Crippen molar-refractivity contribution in [3.05, 3.63) is 97.7 Å². The van der Waals surface area contributed by atoms with Crippen molar-refractivity contribution < 1.29 is 14.4 Å².